The number of carbonyl (C=O) groups excluding carboxylic acids is 2. The maximum Gasteiger partial charge on any atom is 0.341 e. The highest BCUT2D eigenvalue weighted by Gasteiger charge is 2.17. The molecule has 0 spiro atoms. The molecule has 0 aliphatic rings. The molecule has 132 valence electrons. The highest BCUT2D eigenvalue weighted by Crippen LogP contribution is 2.28. The smallest absolute Gasteiger partial charge is 0.341 e. The number of benzene rings is 2. The van der Waals surface area contributed by atoms with Gasteiger partial charge in [-0.3, -0.25) is 4.98 Å². The minimum atomic E-state index is -0.521. The number of nitrogens with zero attached hydrogens (tertiary/aromatic N) is 1. The maximum atomic E-state index is 12.1. The van der Waals surface area contributed by atoms with Crippen molar-refractivity contribution >= 4 is 34.4 Å². The van der Waals surface area contributed by atoms with Crippen LogP contribution in [0.1, 0.15) is 33.2 Å². The Kier molecular flexibility index (Phi) is 5.49. The van der Waals surface area contributed by atoms with Crippen molar-refractivity contribution in [3.05, 3.63) is 76.4 Å². The second-order valence-electron chi connectivity index (χ2n) is 5.46. The Hall–Kier alpha value is -2.92. The fourth-order valence-electron chi connectivity index (χ4n) is 2.52. The lowest BCUT2D eigenvalue weighted by molar-refractivity contribution is 0.0473. The maximum absolute atomic E-state index is 12.1. The van der Waals surface area contributed by atoms with Crippen molar-refractivity contribution in [3.8, 4) is 0 Å². The first-order valence-corrected chi connectivity index (χ1v) is 8.45. The SMILES string of the molecule is CCOC(=O)c1cnc2c(COC(=O)c3ccccc3)cccc2c1Cl. The standard InChI is InChI=1S/C20H16ClNO4/c1-2-25-20(24)16-11-22-18-14(9-6-10-15(18)17(16)21)12-26-19(23)13-7-4-3-5-8-13/h3-11H,2,12H2,1H3. The topological polar surface area (TPSA) is 65.5 Å². The molecule has 0 aliphatic carbocycles. The average Bonchev–Trinajstić information content (AvgIpc) is 2.67. The number of fused-ring (bicyclic) bond motifs is 1. The quantitative estimate of drug-likeness (QED) is 0.623. The molecule has 0 N–H and O–H groups in total. The molecule has 0 saturated carbocycles. The zero-order valence-electron chi connectivity index (χ0n) is 14.1. The number of rotatable bonds is 5. The summed E-state index contributed by atoms with van der Waals surface area (Å²) in [6.45, 7) is 2.02. The van der Waals surface area contributed by atoms with E-state index in [0.29, 0.717) is 22.0 Å². The van der Waals surface area contributed by atoms with Crippen molar-refractivity contribution in [2.24, 2.45) is 0 Å². The molecule has 3 aromatic rings. The Morgan fingerprint density at radius 3 is 2.50 bits per heavy atom. The van der Waals surface area contributed by atoms with Crippen LogP contribution in [0.5, 0.6) is 0 Å². The number of halogens is 1. The molecule has 2 aromatic carbocycles. The fourth-order valence-corrected chi connectivity index (χ4v) is 2.80. The summed E-state index contributed by atoms with van der Waals surface area (Å²) in [5.74, 6) is -0.940. The van der Waals surface area contributed by atoms with E-state index in [9.17, 15) is 9.59 Å². The zero-order chi connectivity index (χ0) is 18.5. The molecule has 0 aliphatic heterocycles. The van der Waals surface area contributed by atoms with Gasteiger partial charge in [-0.15, -0.1) is 0 Å². The number of aromatic nitrogens is 1. The molecule has 26 heavy (non-hydrogen) atoms. The number of esters is 2. The van der Waals surface area contributed by atoms with Crippen LogP contribution in [0.25, 0.3) is 10.9 Å². The largest absolute Gasteiger partial charge is 0.462 e. The van der Waals surface area contributed by atoms with E-state index in [1.807, 2.05) is 6.07 Å². The van der Waals surface area contributed by atoms with Crippen LogP contribution < -0.4 is 0 Å². The average molecular weight is 370 g/mol. The number of hydrogen-bond acceptors (Lipinski definition) is 5. The second kappa shape index (κ2) is 7.97. The van der Waals surface area contributed by atoms with Gasteiger partial charge in [-0.25, -0.2) is 9.59 Å². The van der Waals surface area contributed by atoms with E-state index in [1.54, 1.807) is 49.4 Å². The molecule has 5 nitrogen and oxygen atoms in total. The highest BCUT2D eigenvalue weighted by atomic mass is 35.5. The Morgan fingerprint density at radius 1 is 1.00 bits per heavy atom. The van der Waals surface area contributed by atoms with E-state index in [1.165, 1.54) is 6.20 Å². The van der Waals surface area contributed by atoms with Gasteiger partial charge in [0, 0.05) is 17.1 Å². The molecule has 0 bridgehead atoms. The summed E-state index contributed by atoms with van der Waals surface area (Å²) in [6.07, 6.45) is 1.38. The van der Waals surface area contributed by atoms with Gasteiger partial charge in [0.2, 0.25) is 0 Å². The van der Waals surface area contributed by atoms with Crippen molar-refractivity contribution in [3.63, 3.8) is 0 Å². The predicted octanol–water partition coefficient (Wildman–Crippen LogP) is 4.42. The molecule has 0 atom stereocenters. The minimum absolute atomic E-state index is 0.0488. The van der Waals surface area contributed by atoms with E-state index in [-0.39, 0.29) is 23.8 Å². The summed E-state index contributed by atoms with van der Waals surface area (Å²) in [4.78, 5) is 28.4. The lowest BCUT2D eigenvalue weighted by atomic mass is 10.1. The number of hydrogen-bond donors (Lipinski definition) is 0. The number of carbonyl (C=O) groups is 2. The van der Waals surface area contributed by atoms with Gasteiger partial charge in [0.05, 0.1) is 28.3 Å². The Balaban J connectivity index is 1.87. The predicted molar refractivity (Wildman–Crippen MR) is 98.3 cm³/mol. The molecule has 6 heteroatoms. The summed E-state index contributed by atoms with van der Waals surface area (Å²) in [5, 5.41) is 0.871. The molecule has 1 aromatic heterocycles. The summed E-state index contributed by atoms with van der Waals surface area (Å²) in [6, 6.07) is 14.1. The van der Waals surface area contributed by atoms with Gasteiger partial charge in [0.1, 0.15) is 6.61 Å². The van der Waals surface area contributed by atoms with Crippen LogP contribution in [0.3, 0.4) is 0 Å². The first-order chi connectivity index (χ1) is 12.6. The molecule has 0 saturated heterocycles. The monoisotopic (exact) mass is 369 g/mol. The van der Waals surface area contributed by atoms with Crippen LogP contribution in [-0.2, 0) is 16.1 Å². The van der Waals surface area contributed by atoms with Crippen LogP contribution >= 0.6 is 11.6 Å². The van der Waals surface area contributed by atoms with Gasteiger partial charge in [0.15, 0.2) is 0 Å². The number of para-hydroxylation sites is 1. The summed E-state index contributed by atoms with van der Waals surface area (Å²) in [7, 11) is 0. The van der Waals surface area contributed by atoms with Crippen molar-refractivity contribution in [2.45, 2.75) is 13.5 Å². The Bertz CT molecular complexity index is 957. The van der Waals surface area contributed by atoms with Crippen LogP contribution in [-0.4, -0.2) is 23.5 Å². The Labute approximate surface area is 155 Å². The highest BCUT2D eigenvalue weighted by molar-refractivity contribution is 6.38. The van der Waals surface area contributed by atoms with Crippen molar-refractivity contribution in [1.82, 2.24) is 4.98 Å². The van der Waals surface area contributed by atoms with Gasteiger partial charge in [-0.2, -0.15) is 0 Å². The summed E-state index contributed by atoms with van der Waals surface area (Å²) in [5.41, 5.74) is 1.96. The van der Waals surface area contributed by atoms with Crippen LogP contribution in [0.2, 0.25) is 5.02 Å². The van der Waals surface area contributed by atoms with E-state index < -0.39 is 11.9 Å². The first-order valence-electron chi connectivity index (χ1n) is 8.07. The lowest BCUT2D eigenvalue weighted by Gasteiger charge is -2.10. The van der Waals surface area contributed by atoms with E-state index in [2.05, 4.69) is 4.98 Å². The molecule has 3 rings (SSSR count). The molecule has 0 amide bonds. The van der Waals surface area contributed by atoms with E-state index >= 15 is 0 Å². The van der Waals surface area contributed by atoms with Gasteiger partial charge in [0.25, 0.3) is 0 Å². The van der Waals surface area contributed by atoms with Crippen LogP contribution in [0.4, 0.5) is 0 Å². The van der Waals surface area contributed by atoms with Crippen molar-refractivity contribution < 1.29 is 19.1 Å². The molecule has 1 heterocycles. The zero-order valence-corrected chi connectivity index (χ0v) is 14.8. The molecule has 0 unspecified atom stereocenters. The minimum Gasteiger partial charge on any atom is -0.462 e. The third-order valence-electron chi connectivity index (χ3n) is 3.78. The van der Waals surface area contributed by atoms with E-state index in [4.69, 9.17) is 21.1 Å². The normalized spacial score (nSPS) is 10.5. The summed E-state index contributed by atoms with van der Waals surface area (Å²) < 4.78 is 10.3. The van der Waals surface area contributed by atoms with Crippen LogP contribution in [0.15, 0.2) is 54.7 Å². The van der Waals surface area contributed by atoms with Gasteiger partial charge in [-0.1, -0.05) is 48.0 Å². The summed E-state index contributed by atoms with van der Waals surface area (Å²) >= 11 is 6.35. The first kappa shape index (κ1) is 17.9. The van der Waals surface area contributed by atoms with Crippen molar-refractivity contribution in [2.75, 3.05) is 6.61 Å². The van der Waals surface area contributed by atoms with Gasteiger partial charge in [-0.05, 0) is 19.1 Å². The Morgan fingerprint density at radius 2 is 1.77 bits per heavy atom. The molecule has 0 fully saturated rings. The van der Waals surface area contributed by atoms with Gasteiger partial charge < -0.3 is 9.47 Å². The molecule has 0 radical (unpaired) electrons. The third-order valence-corrected chi connectivity index (χ3v) is 4.19. The fraction of sp³-hybridized carbons (Fsp3) is 0.150. The number of pyridine rings is 1. The second-order valence-corrected chi connectivity index (χ2v) is 5.84. The number of ether oxygens (including phenoxy) is 2. The van der Waals surface area contributed by atoms with Gasteiger partial charge >= 0.3 is 11.9 Å². The van der Waals surface area contributed by atoms with Crippen molar-refractivity contribution in [1.29, 1.82) is 0 Å². The van der Waals surface area contributed by atoms with E-state index in [0.717, 1.165) is 0 Å². The molecular formula is C20H16ClNO4. The van der Waals surface area contributed by atoms with Crippen LogP contribution in [0, 0.1) is 0 Å². The third kappa shape index (κ3) is 3.68. The lowest BCUT2D eigenvalue weighted by Crippen LogP contribution is -2.08. The molecular weight excluding hydrogens is 354 g/mol.